The van der Waals surface area contributed by atoms with Crippen LogP contribution in [0.3, 0.4) is 0 Å². The topological polar surface area (TPSA) is 61.8 Å². The maximum absolute atomic E-state index is 12.6. The number of guanidine groups is 1. The van der Waals surface area contributed by atoms with Crippen molar-refractivity contribution in [2.24, 2.45) is 4.99 Å². The second kappa shape index (κ2) is 10.3. The van der Waals surface area contributed by atoms with E-state index in [0.717, 1.165) is 29.5 Å². The van der Waals surface area contributed by atoms with Crippen LogP contribution >= 0.6 is 24.0 Å². The van der Waals surface area contributed by atoms with Crippen LogP contribution < -0.4 is 5.32 Å². The number of hydrogen-bond donors (Lipinski definition) is 1. The van der Waals surface area contributed by atoms with E-state index in [1.165, 1.54) is 12.1 Å². The molecule has 2 aromatic rings. The zero-order valence-electron chi connectivity index (χ0n) is 16.2. The quantitative estimate of drug-likeness (QED) is 0.354. The van der Waals surface area contributed by atoms with Crippen molar-refractivity contribution >= 4 is 39.8 Å². The van der Waals surface area contributed by atoms with Gasteiger partial charge in [0.05, 0.1) is 10.5 Å². The molecule has 0 aliphatic carbocycles. The molecule has 0 fully saturated rings. The van der Waals surface area contributed by atoms with E-state index < -0.39 is 21.6 Å². The number of alkyl halides is 3. The molecule has 0 heterocycles. The first kappa shape index (κ1) is 25.2. The van der Waals surface area contributed by atoms with Crippen molar-refractivity contribution in [3.8, 4) is 0 Å². The molecule has 0 spiro atoms. The molecule has 0 unspecified atom stereocenters. The molecule has 0 saturated heterocycles. The summed E-state index contributed by atoms with van der Waals surface area (Å²) in [5, 5.41) is 3.15. The second-order valence-electron chi connectivity index (χ2n) is 6.37. The maximum Gasteiger partial charge on any atom is 0.416 e. The molecule has 29 heavy (non-hydrogen) atoms. The number of hydrogen-bond acceptors (Lipinski definition) is 3. The van der Waals surface area contributed by atoms with Gasteiger partial charge in [0.2, 0.25) is 0 Å². The van der Waals surface area contributed by atoms with Gasteiger partial charge in [-0.2, -0.15) is 13.2 Å². The Kier molecular flexibility index (Phi) is 8.94. The number of nitrogens with one attached hydrogen (secondary N) is 1. The fraction of sp³-hybridized carbons (Fsp3) is 0.316. The van der Waals surface area contributed by atoms with Gasteiger partial charge >= 0.3 is 6.18 Å². The van der Waals surface area contributed by atoms with Gasteiger partial charge in [-0.25, -0.2) is 8.42 Å². The first-order valence-electron chi connectivity index (χ1n) is 8.37. The minimum atomic E-state index is -4.35. The highest BCUT2D eigenvalue weighted by atomic mass is 127. The van der Waals surface area contributed by atoms with E-state index in [0.29, 0.717) is 19.0 Å². The Morgan fingerprint density at radius 3 is 2.00 bits per heavy atom. The summed E-state index contributed by atoms with van der Waals surface area (Å²) in [5.74, 6) is 0.562. The highest BCUT2D eigenvalue weighted by molar-refractivity contribution is 14.0. The van der Waals surface area contributed by atoms with Crippen molar-refractivity contribution in [2.45, 2.75) is 24.2 Å². The normalized spacial score (nSPS) is 12.3. The van der Waals surface area contributed by atoms with Crippen LogP contribution in [0.5, 0.6) is 0 Å². The van der Waals surface area contributed by atoms with Gasteiger partial charge in [0.25, 0.3) is 0 Å². The van der Waals surface area contributed by atoms with E-state index in [2.05, 4.69) is 10.3 Å². The van der Waals surface area contributed by atoms with Gasteiger partial charge in [-0.05, 0) is 35.4 Å². The molecule has 1 N–H and O–H groups in total. The fourth-order valence-electron chi connectivity index (χ4n) is 2.57. The van der Waals surface area contributed by atoms with E-state index in [4.69, 9.17) is 0 Å². The number of benzene rings is 2. The molecular formula is C19H23F3IN3O2S. The summed E-state index contributed by atoms with van der Waals surface area (Å²) in [6.07, 6.45) is -3.20. The van der Waals surface area contributed by atoms with Crippen LogP contribution in [0.15, 0.2) is 58.4 Å². The zero-order chi connectivity index (χ0) is 20.9. The lowest BCUT2D eigenvalue weighted by Crippen LogP contribution is -2.38. The molecule has 0 aromatic heterocycles. The smallest absolute Gasteiger partial charge is 0.352 e. The Balaban J connectivity index is 0.00000420. The maximum atomic E-state index is 12.6. The van der Waals surface area contributed by atoms with Gasteiger partial charge in [-0.15, -0.1) is 24.0 Å². The van der Waals surface area contributed by atoms with Crippen molar-refractivity contribution in [3.63, 3.8) is 0 Å². The first-order chi connectivity index (χ1) is 13.0. The molecular weight excluding hydrogens is 518 g/mol. The van der Waals surface area contributed by atoms with Crippen LogP contribution in [-0.4, -0.2) is 39.6 Å². The Morgan fingerprint density at radius 2 is 1.55 bits per heavy atom. The lowest BCUT2D eigenvalue weighted by Gasteiger charge is -2.22. The number of rotatable bonds is 5. The van der Waals surface area contributed by atoms with E-state index in [1.807, 2.05) is 0 Å². The molecule has 2 rings (SSSR count). The van der Waals surface area contributed by atoms with Gasteiger partial charge in [0.15, 0.2) is 15.8 Å². The van der Waals surface area contributed by atoms with Crippen molar-refractivity contribution in [1.29, 1.82) is 0 Å². The highest BCUT2D eigenvalue weighted by Gasteiger charge is 2.29. The average Bonchev–Trinajstić information content (AvgIpc) is 2.61. The zero-order valence-corrected chi connectivity index (χ0v) is 19.3. The molecule has 0 aliphatic heterocycles. The molecule has 0 atom stereocenters. The predicted octanol–water partition coefficient (Wildman–Crippen LogP) is 3.93. The van der Waals surface area contributed by atoms with E-state index >= 15 is 0 Å². The molecule has 2 aromatic carbocycles. The summed E-state index contributed by atoms with van der Waals surface area (Å²) in [6.45, 7) is 0.804. The first-order valence-corrected chi connectivity index (χ1v) is 10.3. The Morgan fingerprint density at radius 1 is 1.03 bits per heavy atom. The largest absolute Gasteiger partial charge is 0.416 e. The third kappa shape index (κ3) is 7.50. The van der Waals surface area contributed by atoms with Crippen LogP contribution in [0.25, 0.3) is 0 Å². The van der Waals surface area contributed by atoms with E-state index in [9.17, 15) is 21.6 Å². The highest BCUT2D eigenvalue weighted by Crippen LogP contribution is 2.29. The van der Waals surface area contributed by atoms with Gasteiger partial charge in [-0.3, -0.25) is 4.99 Å². The van der Waals surface area contributed by atoms with Gasteiger partial charge in [0.1, 0.15) is 0 Å². The standard InChI is InChI=1S/C19H22F3N3O2S.HI/c1-23-18(24-12-14-6-10-17(11-7-14)28(3,26)27)25(2)13-15-4-8-16(9-5-15)19(20,21)22;/h4-11H,12-13H2,1-3H3,(H,23,24);1H. The monoisotopic (exact) mass is 541 g/mol. The van der Waals surface area contributed by atoms with Gasteiger partial charge in [-0.1, -0.05) is 24.3 Å². The molecule has 0 radical (unpaired) electrons. The summed E-state index contributed by atoms with van der Waals surface area (Å²) in [5.41, 5.74) is 0.909. The molecule has 0 bridgehead atoms. The number of halogens is 4. The van der Waals surface area contributed by atoms with Crippen LogP contribution in [-0.2, 0) is 29.1 Å². The Hall–Kier alpha value is -1.82. The SMILES string of the molecule is CN=C(NCc1ccc(S(C)(=O)=O)cc1)N(C)Cc1ccc(C(F)(F)F)cc1.I. The number of sulfone groups is 1. The molecule has 0 aliphatic rings. The average molecular weight is 541 g/mol. The molecule has 5 nitrogen and oxygen atoms in total. The fourth-order valence-corrected chi connectivity index (χ4v) is 3.20. The lowest BCUT2D eigenvalue weighted by molar-refractivity contribution is -0.137. The van der Waals surface area contributed by atoms with Crippen molar-refractivity contribution in [2.75, 3.05) is 20.4 Å². The third-order valence-corrected chi connectivity index (χ3v) is 5.20. The van der Waals surface area contributed by atoms with E-state index in [1.54, 1.807) is 43.3 Å². The minimum Gasteiger partial charge on any atom is -0.352 e. The lowest BCUT2D eigenvalue weighted by atomic mass is 10.1. The number of aliphatic imine (C=N–C) groups is 1. The van der Waals surface area contributed by atoms with Crippen molar-refractivity contribution < 1.29 is 21.6 Å². The summed E-state index contributed by atoms with van der Waals surface area (Å²) in [4.78, 5) is 6.20. The summed E-state index contributed by atoms with van der Waals surface area (Å²) in [7, 11) is 0.148. The van der Waals surface area contributed by atoms with Gasteiger partial charge < -0.3 is 10.2 Å². The second-order valence-corrected chi connectivity index (χ2v) is 8.38. The third-order valence-electron chi connectivity index (χ3n) is 4.08. The molecule has 0 amide bonds. The predicted molar refractivity (Wildman–Crippen MR) is 118 cm³/mol. The van der Waals surface area contributed by atoms with Crippen molar-refractivity contribution in [3.05, 3.63) is 65.2 Å². The van der Waals surface area contributed by atoms with Crippen LogP contribution in [0, 0.1) is 0 Å². The molecule has 10 heteroatoms. The van der Waals surface area contributed by atoms with Crippen molar-refractivity contribution in [1.82, 2.24) is 10.2 Å². The van der Waals surface area contributed by atoms with E-state index in [-0.39, 0.29) is 28.9 Å². The summed E-state index contributed by atoms with van der Waals surface area (Å²) >= 11 is 0. The molecule has 0 saturated carbocycles. The summed E-state index contributed by atoms with van der Waals surface area (Å²) < 4.78 is 60.9. The summed E-state index contributed by atoms with van der Waals surface area (Å²) in [6, 6.07) is 11.5. The minimum absolute atomic E-state index is 0. The van der Waals surface area contributed by atoms with Gasteiger partial charge in [0, 0.05) is 33.4 Å². The number of nitrogens with zero attached hydrogens (tertiary/aromatic N) is 2. The Bertz CT molecular complexity index is 929. The Labute approximate surface area is 186 Å². The van der Waals surface area contributed by atoms with Crippen LogP contribution in [0.4, 0.5) is 13.2 Å². The van der Waals surface area contributed by atoms with Crippen LogP contribution in [0.2, 0.25) is 0 Å². The van der Waals surface area contributed by atoms with Crippen LogP contribution in [0.1, 0.15) is 16.7 Å². The molecule has 160 valence electrons.